The number of pyridine rings is 1. The molecule has 2 aliphatic heterocycles. The Bertz CT molecular complexity index is 1130. The number of imidazole rings is 1. The number of Topliss-reactive ketones (excluding diaryl/α,β-unsaturated/α-hetero) is 1. The molecule has 9 nitrogen and oxygen atoms in total. The van der Waals surface area contributed by atoms with Crippen LogP contribution in [-0.4, -0.2) is 88.1 Å². The number of carbonyl (C=O) groups excluding carboxylic acids is 2. The lowest BCUT2D eigenvalue weighted by atomic mass is 10.0. The highest BCUT2D eigenvalue weighted by atomic mass is 16.6. The molecule has 0 radical (unpaired) electrons. The van der Waals surface area contributed by atoms with Crippen molar-refractivity contribution in [2.75, 3.05) is 44.6 Å². The van der Waals surface area contributed by atoms with Crippen LogP contribution < -0.4 is 5.32 Å². The van der Waals surface area contributed by atoms with Crippen LogP contribution in [0.25, 0.3) is 11.2 Å². The van der Waals surface area contributed by atoms with Crippen molar-refractivity contribution in [1.29, 1.82) is 0 Å². The number of ether oxygens (including phenoxy) is 2. The lowest BCUT2D eigenvalue weighted by molar-refractivity contribution is -0.0538. The van der Waals surface area contributed by atoms with Gasteiger partial charge in [0, 0.05) is 44.0 Å². The number of allylic oxidation sites excluding steroid dienone is 1. The number of nitrogens with one attached hydrogen (secondary N) is 1. The molecule has 0 saturated carbocycles. The Hall–Kier alpha value is -2.91. The van der Waals surface area contributed by atoms with E-state index < -0.39 is 5.60 Å². The van der Waals surface area contributed by atoms with E-state index in [1.807, 2.05) is 44.4 Å². The minimum Gasteiger partial charge on any atom is -0.444 e. The average Bonchev–Trinajstić information content (AvgIpc) is 3.24. The summed E-state index contributed by atoms with van der Waals surface area (Å²) in [7, 11) is 0. The topological polar surface area (TPSA) is 88.4 Å². The number of hydrogen-bond donors (Lipinski definition) is 1. The van der Waals surface area contributed by atoms with Crippen LogP contribution in [0.15, 0.2) is 25.0 Å². The number of fused-ring (bicyclic) bond motifs is 1. The van der Waals surface area contributed by atoms with E-state index in [4.69, 9.17) is 9.47 Å². The van der Waals surface area contributed by atoms with Crippen molar-refractivity contribution < 1.29 is 19.1 Å². The van der Waals surface area contributed by atoms with Gasteiger partial charge in [0.1, 0.15) is 5.60 Å². The largest absolute Gasteiger partial charge is 0.444 e. The molecule has 4 rings (SSSR count). The predicted octanol–water partition coefficient (Wildman–Crippen LogP) is 4.08. The number of hydrogen-bond acceptors (Lipinski definition) is 7. The first kappa shape index (κ1) is 26.2. The molecule has 36 heavy (non-hydrogen) atoms. The third-order valence-corrected chi connectivity index (χ3v) is 6.65. The Labute approximate surface area is 213 Å². The first-order valence-corrected chi connectivity index (χ1v) is 12.8. The number of anilines is 1. The van der Waals surface area contributed by atoms with Gasteiger partial charge < -0.3 is 24.6 Å². The maximum atomic E-state index is 12.5. The zero-order valence-electron chi connectivity index (χ0n) is 22.2. The van der Waals surface area contributed by atoms with Crippen LogP contribution in [0.3, 0.4) is 0 Å². The third kappa shape index (κ3) is 6.25. The fraction of sp³-hybridized carbons (Fsp3) is 0.593. The maximum absolute atomic E-state index is 12.5. The molecule has 0 aliphatic carbocycles. The van der Waals surface area contributed by atoms with Crippen molar-refractivity contribution in [3.05, 3.63) is 36.3 Å². The van der Waals surface area contributed by atoms with Gasteiger partial charge in [0.15, 0.2) is 11.4 Å². The number of morpholine rings is 1. The van der Waals surface area contributed by atoms with Crippen LogP contribution >= 0.6 is 0 Å². The van der Waals surface area contributed by atoms with Crippen molar-refractivity contribution in [3.8, 4) is 0 Å². The number of carbonyl (C=O) groups is 2. The second kappa shape index (κ2) is 10.6. The smallest absolute Gasteiger partial charge is 0.410 e. The minimum absolute atomic E-state index is 0.0176. The average molecular weight is 498 g/mol. The molecule has 2 aromatic heterocycles. The zero-order chi connectivity index (χ0) is 26.0. The van der Waals surface area contributed by atoms with E-state index in [-0.39, 0.29) is 24.0 Å². The van der Waals surface area contributed by atoms with Crippen LogP contribution in [0, 0.1) is 0 Å². The number of likely N-dealkylation sites (tertiary alicyclic amines) is 1. The third-order valence-electron chi connectivity index (χ3n) is 6.65. The molecule has 9 heteroatoms. The summed E-state index contributed by atoms with van der Waals surface area (Å²) in [6, 6.07) is 2.18. The Balaban J connectivity index is 1.35. The molecule has 4 heterocycles. The van der Waals surface area contributed by atoms with Gasteiger partial charge in [-0.3, -0.25) is 9.20 Å². The molecule has 1 amide bonds. The van der Waals surface area contributed by atoms with E-state index in [9.17, 15) is 9.59 Å². The SMILES string of the molecule is C=C(C)c1cnc2c(NC3CCN(C[C@@H]4CN(C(=O)OC(C)(C)C)CCO4)CC3)cc(C(C)=O)cn12. The quantitative estimate of drug-likeness (QED) is 0.602. The van der Waals surface area contributed by atoms with Gasteiger partial charge in [-0.2, -0.15) is 0 Å². The Morgan fingerprint density at radius 3 is 2.58 bits per heavy atom. The number of ketones is 1. The predicted molar refractivity (Wildman–Crippen MR) is 141 cm³/mol. The van der Waals surface area contributed by atoms with E-state index in [1.165, 1.54) is 0 Å². The molecule has 0 unspecified atom stereocenters. The minimum atomic E-state index is -0.502. The summed E-state index contributed by atoms with van der Waals surface area (Å²) in [5.41, 5.74) is 3.62. The number of nitrogens with zero attached hydrogens (tertiary/aromatic N) is 4. The zero-order valence-corrected chi connectivity index (χ0v) is 22.2. The number of piperidine rings is 1. The van der Waals surface area contributed by atoms with Crippen LogP contribution in [0.2, 0.25) is 0 Å². The van der Waals surface area contributed by atoms with E-state index in [2.05, 4.69) is 21.8 Å². The normalized spacial score (nSPS) is 19.9. The monoisotopic (exact) mass is 497 g/mol. The second-order valence-corrected chi connectivity index (χ2v) is 11.0. The van der Waals surface area contributed by atoms with Crippen LogP contribution in [0.1, 0.15) is 63.5 Å². The van der Waals surface area contributed by atoms with Crippen LogP contribution in [-0.2, 0) is 9.47 Å². The Morgan fingerprint density at radius 1 is 1.22 bits per heavy atom. The van der Waals surface area contributed by atoms with Crippen molar-refractivity contribution in [1.82, 2.24) is 19.2 Å². The summed E-state index contributed by atoms with van der Waals surface area (Å²) in [4.78, 5) is 33.4. The second-order valence-electron chi connectivity index (χ2n) is 11.0. The highest BCUT2D eigenvalue weighted by Crippen LogP contribution is 2.26. The molecule has 2 aliphatic rings. The van der Waals surface area contributed by atoms with Gasteiger partial charge in [-0.05, 0) is 59.1 Å². The molecular weight excluding hydrogens is 458 g/mol. The highest BCUT2D eigenvalue weighted by Gasteiger charge is 2.30. The van der Waals surface area contributed by atoms with Gasteiger partial charge in [-0.15, -0.1) is 0 Å². The highest BCUT2D eigenvalue weighted by molar-refractivity contribution is 5.96. The summed E-state index contributed by atoms with van der Waals surface area (Å²) in [5.74, 6) is 0.0176. The van der Waals surface area contributed by atoms with Gasteiger partial charge in [-0.1, -0.05) is 6.58 Å². The van der Waals surface area contributed by atoms with Crippen molar-refractivity contribution in [2.24, 2.45) is 0 Å². The van der Waals surface area contributed by atoms with E-state index in [0.717, 1.165) is 55.1 Å². The summed E-state index contributed by atoms with van der Waals surface area (Å²) in [6.45, 7) is 17.5. The van der Waals surface area contributed by atoms with Gasteiger partial charge in [0.25, 0.3) is 0 Å². The van der Waals surface area contributed by atoms with Gasteiger partial charge in [-0.25, -0.2) is 9.78 Å². The number of aromatic nitrogens is 2. The van der Waals surface area contributed by atoms with Crippen LogP contribution in [0.5, 0.6) is 0 Å². The molecule has 0 bridgehead atoms. The van der Waals surface area contributed by atoms with E-state index in [0.29, 0.717) is 25.3 Å². The molecule has 196 valence electrons. The number of amides is 1. The summed E-state index contributed by atoms with van der Waals surface area (Å²) >= 11 is 0. The maximum Gasteiger partial charge on any atom is 0.410 e. The molecule has 1 N–H and O–H groups in total. The number of rotatable bonds is 6. The first-order chi connectivity index (χ1) is 17.0. The fourth-order valence-corrected chi connectivity index (χ4v) is 4.79. The van der Waals surface area contributed by atoms with Crippen LogP contribution in [0.4, 0.5) is 10.5 Å². The Morgan fingerprint density at radius 2 is 1.94 bits per heavy atom. The van der Waals surface area contributed by atoms with Crippen molar-refractivity contribution in [2.45, 2.75) is 65.2 Å². The lowest BCUT2D eigenvalue weighted by Gasteiger charge is -2.38. The van der Waals surface area contributed by atoms with E-state index >= 15 is 0 Å². The fourth-order valence-electron chi connectivity index (χ4n) is 4.79. The molecule has 0 aromatic carbocycles. The summed E-state index contributed by atoms with van der Waals surface area (Å²) in [5, 5.41) is 3.65. The van der Waals surface area contributed by atoms with Crippen molar-refractivity contribution >= 4 is 28.8 Å². The van der Waals surface area contributed by atoms with Gasteiger partial charge in [0.2, 0.25) is 0 Å². The van der Waals surface area contributed by atoms with Gasteiger partial charge >= 0.3 is 6.09 Å². The Kier molecular flexibility index (Phi) is 7.70. The first-order valence-electron chi connectivity index (χ1n) is 12.8. The molecule has 1 atom stereocenters. The molecule has 0 spiro atoms. The van der Waals surface area contributed by atoms with Gasteiger partial charge in [0.05, 0.1) is 36.8 Å². The molecular formula is C27H39N5O4. The summed E-state index contributed by atoms with van der Waals surface area (Å²) in [6.07, 6.45) is 5.28. The molecule has 2 aromatic rings. The summed E-state index contributed by atoms with van der Waals surface area (Å²) < 4.78 is 13.4. The lowest BCUT2D eigenvalue weighted by Crippen LogP contribution is -2.52. The molecule has 2 fully saturated rings. The van der Waals surface area contributed by atoms with E-state index in [1.54, 1.807) is 18.0 Å². The van der Waals surface area contributed by atoms with Crippen molar-refractivity contribution in [3.63, 3.8) is 0 Å². The standard InChI is InChI=1S/C27H39N5O4/c1-18(2)24-14-28-25-23(13-20(19(3)33)15-32(24)25)29-21-7-9-30(10-8-21)16-22-17-31(11-12-35-22)26(34)36-27(4,5)6/h13-15,21-22,29H,1,7-12,16-17H2,2-6H3/t22-/m1/s1. The molecule has 2 saturated heterocycles.